The Morgan fingerprint density at radius 2 is 2.00 bits per heavy atom. The number of hydrogen-bond donors (Lipinski definition) is 1. The molecule has 1 N–H and O–H groups in total. The Morgan fingerprint density at radius 3 is 2.78 bits per heavy atom. The van der Waals surface area contributed by atoms with E-state index < -0.39 is 4.92 Å². The smallest absolute Gasteiger partial charge is 0.274 e. The number of amides is 1. The number of nitrogens with zero attached hydrogens (tertiary/aromatic N) is 2. The van der Waals surface area contributed by atoms with Gasteiger partial charge in [0.25, 0.3) is 5.69 Å². The third-order valence-corrected chi connectivity index (χ3v) is 3.68. The van der Waals surface area contributed by atoms with Gasteiger partial charge in [-0.3, -0.25) is 14.9 Å². The van der Waals surface area contributed by atoms with Crippen LogP contribution in [-0.4, -0.2) is 15.4 Å². The van der Waals surface area contributed by atoms with E-state index in [1.807, 2.05) is 41.1 Å². The Bertz CT molecular complexity index is 899. The molecule has 3 aromatic rings. The number of nitrogens with one attached hydrogen (secondary N) is 1. The number of anilines is 1. The van der Waals surface area contributed by atoms with Crippen molar-refractivity contribution in [3.63, 3.8) is 0 Å². The first kappa shape index (κ1) is 14.8. The maximum Gasteiger partial charge on any atom is 0.274 e. The molecule has 0 aliphatic heterocycles. The van der Waals surface area contributed by atoms with Gasteiger partial charge in [0.05, 0.1) is 4.92 Å². The van der Waals surface area contributed by atoms with Crippen molar-refractivity contribution in [2.45, 2.75) is 13.5 Å². The van der Waals surface area contributed by atoms with Gasteiger partial charge in [-0.15, -0.1) is 0 Å². The van der Waals surface area contributed by atoms with Gasteiger partial charge in [0.2, 0.25) is 5.91 Å². The molecule has 0 bridgehead atoms. The summed E-state index contributed by atoms with van der Waals surface area (Å²) < 4.78 is 1.84. The number of carbonyl (C=O) groups is 1. The molecule has 0 saturated heterocycles. The molecular formula is C17H15N3O3. The minimum Gasteiger partial charge on any atom is -0.338 e. The van der Waals surface area contributed by atoms with Crippen LogP contribution in [0.25, 0.3) is 10.9 Å². The maximum atomic E-state index is 12.2. The van der Waals surface area contributed by atoms with E-state index in [0.717, 1.165) is 10.9 Å². The number of aromatic nitrogens is 1. The van der Waals surface area contributed by atoms with E-state index in [0.29, 0.717) is 11.3 Å². The monoisotopic (exact) mass is 309 g/mol. The summed E-state index contributed by atoms with van der Waals surface area (Å²) in [6.45, 7) is 1.81. The lowest BCUT2D eigenvalue weighted by molar-refractivity contribution is -0.385. The summed E-state index contributed by atoms with van der Waals surface area (Å²) in [5.74, 6) is -0.232. The lowest BCUT2D eigenvalue weighted by Gasteiger charge is -2.08. The van der Waals surface area contributed by atoms with Crippen molar-refractivity contribution < 1.29 is 9.72 Å². The van der Waals surface area contributed by atoms with E-state index in [1.165, 1.54) is 6.07 Å². The fourth-order valence-corrected chi connectivity index (χ4v) is 2.52. The second-order valence-corrected chi connectivity index (χ2v) is 5.31. The molecule has 0 atom stereocenters. The standard InChI is InChI=1S/C17H15N3O3/c1-12-6-7-14(10-16(12)20(22)23)18-17(21)11-19-9-8-13-4-2-3-5-15(13)19/h2-10H,11H2,1H3,(H,18,21). The zero-order valence-electron chi connectivity index (χ0n) is 12.5. The zero-order valence-corrected chi connectivity index (χ0v) is 12.5. The van der Waals surface area contributed by atoms with E-state index in [9.17, 15) is 14.9 Å². The molecule has 2 aromatic carbocycles. The highest BCUT2D eigenvalue weighted by molar-refractivity contribution is 5.92. The first-order chi connectivity index (χ1) is 11.0. The summed E-state index contributed by atoms with van der Waals surface area (Å²) in [4.78, 5) is 22.7. The van der Waals surface area contributed by atoms with Gasteiger partial charge in [0, 0.05) is 29.0 Å². The quantitative estimate of drug-likeness (QED) is 0.592. The van der Waals surface area contributed by atoms with Crippen molar-refractivity contribution in [1.82, 2.24) is 4.57 Å². The van der Waals surface area contributed by atoms with E-state index in [4.69, 9.17) is 0 Å². The molecule has 1 amide bonds. The molecule has 6 heteroatoms. The Balaban J connectivity index is 1.77. The van der Waals surface area contributed by atoms with Gasteiger partial charge in [0.15, 0.2) is 0 Å². The SMILES string of the molecule is Cc1ccc(NC(=O)Cn2ccc3ccccc32)cc1[N+](=O)[O-]. The molecule has 0 unspecified atom stereocenters. The Kier molecular flexibility index (Phi) is 3.80. The van der Waals surface area contributed by atoms with Gasteiger partial charge in [0.1, 0.15) is 6.54 Å². The molecular weight excluding hydrogens is 294 g/mol. The Hall–Kier alpha value is -3.15. The second kappa shape index (κ2) is 5.92. The van der Waals surface area contributed by atoms with Gasteiger partial charge in [-0.2, -0.15) is 0 Å². The van der Waals surface area contributed by atoms with Crippen molar-refractivity contribution in [3.05, 3.63) is 70.4 Å². The van der Waals surface area contributed by atoms with Crippen LogP contribution >= 0.6 is 0 Å². The average Bonchev–Trinajstić information content (AvgIpc) is 2.92. The summed E-state index contributed by atoms with van der Waals surface area (Å²) in [6, 6.07) is 14.4. The van der Waals surface area contributed by atoms with Crippen LogP contribution in [0, 0.1) is 17.0 Å². The fraction of sp³-hybridized carbons (Fsp3) is 0.118. The summed E-state index contributed by atoms with van der Waals surface area (Å²) in [5, 5.41) is 14.7. The van der Waals surface area contributed by atoms with E-state index >= 15 is 0 Å². The second-order valence-electron chi connectivity index (χ2n) is 5.31. The molecule has 1 aromatic heterocycles. The van der Waals surface area contributed by atoms with Crippen molar-refractivity contribution >= 4 is 28.2 Å². The van der Waals surface area contributed by atoms with E-state index in [2.05, 4.69) is 5.32 Å². The number of benzene rings is 2. The van der Waals surface area contributed by atoms with Gasteiger partial charge in [-0.25, -0.2) is 0 Å². The predicted octanol–water partition coefficient (Wildman–Crippen LogP) is 3.50. The minimum absolute atomic E-state index is 0.00536. The maximum absolute atomic E-state index is 12.2. The molecule has 0 saturated carbocycles. The van der Waals surface area contributed by atoms with Gasteiger partial charge < -0.3 is 9.88 Å². The number of hydrogen-bond acceptors (Lipinski definition) is 3. The highest BCUT2D eigenvalue weighted by Crippen LogP contribution is 2.22. The topological polar surface area (TPSA) is 77.2 Å². The third kappa shape index (κ3) is 3.06. The van der Waals surface area contributed by atoms with Crippen molar-refractivity contribution in [2.75, 3.05) is 5.32 Å². The summed E-state index contributed by atoms with van der Waals surface area (Å²) >= 11 is 0. The highest BCUT2D eigenvalue weighted by atomic mass is 16.6. The average molecular weight is 309 g/mol. The van der Waals surface area contributed by atoms with Crippen LogP contribution in [0.3, 0.4) is 0 Å². The molecule has 0 fully saturated rings. The number of rotatable bonds is 4. The van der Waals surface area contributed by atoms with Crippen molar-refractivity contribution in [2.24, 2.45) is 0 Å². The Labute approximate surface area is 132 Å². The molecule has 0 spiro atoms. The molecule has 23 heavy (non-hydrogen) atoms. The van der Waals surface area contributed by atoms with Crippen LogP contribution < -0.4 is 5.32 Å². The normalized spacial score (nSPS) is 10.7. The third-order valence-electron chi connectivity index (χ3n) is 3.68. The predicted molar refractivity (Wildman–Crippen MR) is 88.4 cm³/mol. The first-order valence-corrected chi connectivity index (χ1v) is 7.13. The highest BCUT2D eigenvalue weighted by Gasteiger charge is 2.13. The van der Waals surface area contributed by atoms with Crippen LogP contribution in [0.4, 0.5) is 11.4 Å². The lowest BCUT2D eigenvalue weighted by Crippen LogP contribution is -2.18. The van der Waals surface area contributed by atoms with Gasteiger partial charge in [-0.05, 0) is 30.5 Å². The molecule has 116 valence electrons. The summed E-state index contributed by atoms with van der Waals surface area (Å²) in [6.07, 6.45) is 1.85. The largest absolute Gasteiger partial charge is 0.338 e. The zero-order chi connectivity index (χ0) is 16.4. The molecule has 1 heterocycles. The van der Waals surface area contributed by atoms with E-state index in [1.54, 1.807) is 19.1 Å². The number of carbonyl (C=O) groups excluding carboxylic acids is 1. The lowest BCUT2D eigenvalue weighted by atomic mass is 10.2. The van der Waals surface area contributed by atoms with Crippen LogP contribution in [-0.2, 0) is 11.3 Å². The van der Waals surface area contributed by atoms with E-state index in [-0.39, 0.29) is 18.1 Å². The van der Waals surface area contributed by atoms with Crippen LogP contribution in [0.2, 0.25) is 0 Å². The summed E-state index contributed by atoms with van der Waals surface area (Å²) in [5.41, 5.74) is 1.94. The first-order valence-electron chi connectivity index (χ1n) is 7.13. The summed E-state index contributed by atoms with van der Waals surface area (Å²) in [7, 11) is 0. The van der Waals surface area contributed by atoms with Crippen molar-refractivity contribution in [3.8, 4) is 0 Å². The number of para-hydroxylation sites is 1. The number of aryl methyl sites for hydroxylation is 1. The molecule has 3 rings (SSSR count). The molecule has 6 nitrogen and oxygen atoms in total. The number of nitro groups is 1. The van der Waals surface area contributed by atoms with Crippen LogP contribution in [0.1, 0.15) is 5.56 Å². The van der Waals surface area contributed by atoms with Gasteiger partial charge >= 0.3 is 0 Å². The molecule has 0 aliphatic carbocycles. The molecule has 0 aliphatic rings. The molecule has 0 radical (unpaired) electrons. The number of fused-ring (bicyclic) bond motifs is 1. The minimum atomic E-state index is -0.454. The van der Waals surface area contributed by atoms with Crippen LogP contribution in [0.5, 0.6) is 0 Å². The van der Waals surface area contributed by atoms with Crippen LogP contribution in [0.15, 0.2) is 54.7 Å². The fourth-order valence-electron chi connectivity index (χ4n) is 2.52. The Morgan fingerprint density at radius 1 is 1.22 bits per heavy atom. The van der Waals surface area contributed by atoms with Gasteiger partial charge in [-0.1, -0.05) is 24.3 Å². The van der Waals surface area contributed by atoms with Crippen molar-refractivity contribution in [1.29, 1.82) is 0 Å². The number of nitro benzene ring substituents is 1.